The smallest absolute Gasteiger partial charge is 0.0455 e. The van der Waals surface area contributed by atoms with E-state index < -0.39 is 0 Å². The molecule has 0 radical (unpaired) electrons. The lowest BCUT2D eigenvalue weighted by molar-refractivity contribution is 0.467. The molecule has 3 aliphatic heterocycles. The number of allylic oxidation sites excluding steroid dienone is 1. The van der Waals surface area contributed by atoms with Crippen LogP contribution in [-0.2, 0) is 17.3 Å². The van der Waals surface area contributed by atoms with Crippen LogP contribution in [0.3, 0.4) is 0 Å². The Kier molecular flexibility index (Phi) is 10.7. The van der Waals surface area contributed by atoms with Gasteiger partial charge < -0.3 is 21.3 Å². The van der Waals surface area contributed by atoms with E-state index in [1.54, 1.807) is 0 Å². The van der Waals surface area contributed by atoms with E-state index in [1.165, 1.54) is 81.8 Å². The molecule has 0 amide bonds. The van der Waals surface area contributed by atoms with Gasteiger partial charge in [-0.15, -0.1) is 0 Å². The molecule has 0 saturated heterocycles. The molecule has 5 atom stereocenters. The molecule has 4 heteroatoms. The topological polar surface area (TPSA) is 48.1 Å². The number of benzene rings is 4. The van der Waals surface area contributed by atoms with Gasteiger partial charge in [0.25, 0.3) is 0 Å². The first-order valence-electron chi connectivity index (χ1n) is 19.1. The van der Waals surface area contributed by atoms with E-state index >= 15 is 0 Å². The van der Waals surface area contributed by atoms with Crippen molar-refractivity contribution >= 4 is 22.7 Å². The summed E-state index contributed by atoms with van der Waals surface area (Å²) in [6.07, 6.45) is 10.3. The molecule has 0 aromatic heterocycles. The van der Waals surface area contributed by atoms with Gasteiger partial charge in [-0.25, -0.2) is 0 Å². The van der Waals surface area contributed by atoms with Gasteiger partial charge in [-0.3, -0.25) is 0 Å². The average Bonchev–Trinajstić information content (AvgIpc) is 3.14. The first-order valence-corrected chi connectivity index (χ1v) is 19.1. The van der Waals surface area contributed by atoms with E-state index in [4.69, 9.17) is 0 Å². The van der Waals surface area contributed by atoms with Crippen LogP contribution in [-0.4, -0.2) is 18.6 Å². The first-order chi connectivity index (χ1) is 24.0. The summed E-state index contributed by atoms with van der Waals surface area (Å²) < 4.78 is 0. The van der Waals surface area contributed by atoms with E-state index in [0.717, 1.165) is 18.9 Å². The maximum atomic E-state index is 3.77. The van der Waals surface area contributed by atoms with Crippen LogP contribution in [0.2, 0.25) is 0 Å². The van der Waals surface area contributed by atoms with Crippen molar-refractivity contribution < 1.29 is 0 Å². The van der Waals surface area contributed by atoms with Gasteiger partial charge in [-0.05, 0) is 135 Å². The van der Waals surface area contributed by atoms with Crippen LogP contribution in [0.25, 0.3) is 0 Å². The molecule has 7 rings (SSSR count). The Morgan fingerprint density at radius 3 is 2.24 bits per heavy atom. The van der Waals surface area contributed by atoms with E-state index in [-0.39, 0.29) is 10.8 Å². The van der Waals surface area contributed by atoms with Crippen molar-refractivity contribution in [3.8, 4) is 0 Å². The maximum Gasteiger partial charge on any atom is 0.0455 e. The molecule has 0 fully saturated rings. The SMILES string of the molecule is CC1CCc2cc(cc3c2NCCC3(C)c2ccccc2)NC(C)C1.Cc1cc(NC(C)CC(C)C)cc2c1NC=CC2(C)c1ccccc1. The van der Waals surface area contributed by atoms with Crippen LogP contribution in [0, 0.1) is 18.8 Å². The van der Waals surface area contributed by atoms with Gasteiger partial charge in [0.1, 0.15) is 0 Å². The Labute approximate surface area is 302 Å². The van der Waals surface area contributed by atoms with E-state index in [1.807, 2.05) is 0 Å². The van der Waals surface area contributed by atoms with E-state index in [9.17, 15) is 0 Å². The van der Waals surface area contributed by atoms with Gasteiger partial charge in [0.15, 0.2) is 0 Å². The molecule has 0 saturated carbocycles. The predicted octanol–water partition coefficient (Wildman–Crippen LogP) is 11.7. The molecule has 2 bridgehead atoms. The van der Waals surface area contributed by atoms with Crippen molar-refractivity contribution in [2.45, 2.75) is 110 Å². The second-order valence-electron chi connectivity index (χ2n) is 16.3. The van der Waals surface area contributed by atoms with Gasteiger partial charge in [-0.1, -0.05) is 94.4 Å². The minimum absolute atomic E-state index is 0.0805. The van der Waals surface area contributed by atoms with Crippen LogP contribution in [0.4, 0.5) is 22.7 Å². The zero-order valence-electron chi connectivity index (χ0n) is 31.8. The molecule has 264 valence electrons. The number of hydrogen-bond acceptors (Lipinski definition) is 4. The molecule has 50 heavy (non-hydrogen) atoms. The Balaban J connectivity index is 0.000000173. The first kappa shape index (κ1) is 35.6. The molecule has 5 unspecified atom stereocenters. The zero-order valence-corrected chi connectivity index (χ0v) is 31.8. The minimum atomic E-state index is -0.119. The molecule has 4 aromatic carbocycles. The Bertz CT molecular complexity index is 1780. The Morgan fingerprint density at radius 1 is 0.840 bits per heavy atom. The van der Waals surface area contributed by atoms with Crippen molar-refractivity contribution in [3.63, 3.8) is 0 Å². The van der Waals surface area contributed by atoms with Crippen LogP contribution in [0.1, 0.15) is 108 Å². The number of hydrogen-bond donors (Lipinski definition) is 4. The van der Waals surface area contributed by atoms with Crippen LogP contribution < -0.4 is 21.3 Å². The third-order valence-corrected chi connectivity index (χ3v) is 11.4. The van der Waals surface area contributed by atoms with Gasteiger partial charge in [0.2, 0.25) is 0 Å². The minimum Gasteiger partial charge on any atom is -0.385 e. The second-order valence-corrected chi connectivity index (χ2v) is 16.3. The number of fused-ring (bicyclic) bond motifs is 5. The monoisotopic (exact) mass is 668 g/mol. The predicted molar refractivity (Wildman–Crippen MR) is 217 cm³/mol. The van der Waals surface area contributed by atoms with Gasteiger partial charge in [-0.2, -0.15) is 0 Å². The fraction of sp³-hybridized carbons (Fsp3) is 0.435. The fourth-order valence-electron chi connectivity index (χ4n) is 8.71. The Hall–Kier alpha value is -4.18. The van der Waals surface area contributed by atoms with Crippen molar-refractivity contribution in [1.29, 1.82) is 0 Å². The lowest BCUT2D eigenvalue weighted by atomic mass is 9.70. The summed E-state index contributed by atoms with van der Waals surface area (Å²) in [5.74, 6) is 1.46. The second kappa shape index (κ2) is 15.0. The van der Waals surface area contributed by atoms with Crippen LogP contribution in [0.15, 0.2) is 97.2 Å². The normalized spacial score (nSPS) is 24.3. The van der Waals surface area contributed by atoms with Crippen molar-refractivity contribution in [2.75, 3.05) is 27.8 Å². The molecular formula is C46H60N4. The molecule has 4 nitrogen and oxygen atoms in total. The molecule has 4 N–H and O–H groups in total. The number of rotatable bonds is 6. The molecule has 3 aliphatic rings. The highest BCUT2D eigenvalue weighted by atomic mass is 14.9. The summed E-state index contributed by atoms with van der Waals surface area (Å²) in [7, 11) is 0. The molecule has 4 aromatic rings. The summed E-state index contributed by atoms with van der Waals surface area (Å²) in [4.78, 5) is 0. The summed E-state index contributed by atoms with van der Waals surface area (Å²) in [5, 5.41) is 14.7. The number of anilines is 4. The third kappa shape index (κ3) is 7.60. The Morgan fingerprint density at radius 2 is 1.54 bits per heavy atom. The number of nitrogens with one attached hydrogen (secondary N) is 4. The summed E-state index contributed by atoms with van der Waals surface area (Å²) >= 11 is 0. The lowest BCUT2D eigenvalue weighted by Crippen LogP contribution is -2.33. The lowest BCUT2D eigenvalue weighted by Gasteiger charge is -2.39. The van der Waals surface area contributed by atoms with E-state index in [0.29, 0.717) is 18.0 Å². The zero-order chi connectivity index (χ0) is 35.5. The molecule has 0 spiro atoms. The van der Waals surface area contributed by atoms with Gasteiger partial charge in [0, 0.05) is 52.2 Å². The highest BCUT2D eigenvalue weighted by molar-refractivity contribution is 5.73. The van der Waals surface area contributed by atoms with Crippen molar-refractivity contribution in [3.05, 3.63) is 131 Å². The molecular weight excluding hydrogens is 609 g/mol. The highest BCUT2D eigenvalue weighted by Gasteiger charge is 2.36. The van der Waals surface area contributed by atoms with Gasteiger partial charge in [0.05, 0.1) is 0 Å². The third-order valence-electron chi connectivity index (χ3n) is 11.4. The highest BCUT2D eigenvalue weighted by Crippen LogP contribution is 2.46. The fourth-order valence-corrected chi connectivity index (χ4v) is 8.71. The summed E-state index contributed by atoms with van der Waals surface area (Å²) in [6, 6.07) is 32.2. The van der Waals surface area contributed by atoms with Crippen LogP contribution >= 0.6 is 0 Å². The number of aryl methyl sites for hydroxylation is 2. The molecule has 0 aliphatic carbocycles. The quantitative estimate of drug-likeness (QED) is 0.165. The van der Waals surface area contributed by atoms with Gasteiger partial charge >= 0.3 is 0 Å². The van der Waals surface area contributed by atoms with Crippen molar-refractivity contribution in [2.24, 2.45) is 11.8 Å². The van der Waals surface area contributed by atoms with Crippen LogP contribution in [0.5, 0.6) is 0 Å². The summed E-state index contributed by atoms with van der Waals surface area (Å²) in [5.41, 5.74) is 13.4. The maximum absolute atomic E-state index is 3.77. The standard InChI is InChI=1S/2C23H30N2/c1-16-9-10-18-14-20(25-17(2)13-16)15-21-22(18)24-12-11-23(21,3)19-7-5-4-6-8-19;1-16(2)13-18(4)25-20-14-17(3)22-21(15-20)23(5,11-12-24-22)19-9-7-6-8-10-19/h4-8,14-17,24-25H,9-13H2,1-3H3;6-12,14-16,18,24-25H,13H2,1-5H3. The average molecular weight is 669 g/mol. The summed E-state index contributed by atoms with van der Waals surface area (Å²) in [6.45, 7) is 19.5. The largest absolute Gasteiger partial charge is 0.385 e. The van der Waals surface area contributed by atoms with E-state index in [2.05, 4.69) is 174 Å². The van der Waals surface area contributed by atoms with Crippen molar-refractivity contribution in [1.82, 2.24) is 0 Å². The molecule has 3 heterocycles.